The summed E-state index contributed by atoms with van der Waals surface area (Å²) in [5.74, 6) is 1.15. The van der Waals surface area contributed by atoms with Crippen LogP contribution in [0, 0.1) is 13.8 Å². The normalized spacial score (nSPS) is 13.1. The number of para-hydroxylation sites is 2. The minimum absolute atomic E-state index is 0. The minimum atomic E-state index is -0.361. The summed E-state index contributed by atoms with van der Waals surface area (Å²) in [5.41, 5.74) is 2.93. The van der Waals surface area contributed by atoms with Crippen LogP contribution in [0.4, 0.5) is 11.6 Å². The number of benzene rings is 1. The molecule has 11 heteroatoms. The number of anilines is 2. The molecule has 0 saturated carbocycles. The fourth-order valence-electron chi connectivity index (χ4n) is 4.06. The molecule has 0 amide bonds. The molecule has 0 atom stereocenters. The van der Waals surface area contributed by atoms with Gasteiger partial charge in [-0.3, -0.25) is 4.90 Å². The number of piperazine rings is 1. The predicted octanol–water partition coefficient (Wildman–Crippen LogP) is 4.56. The second-order valence-corrected chi connectivity index (χ2v) is 7.95. The highest BCUT2D eigenvalue weighted by molar-refractivity contribution is 5.91. The average Bonchev–Trinajstić information content (AvgIpc) is 2.79. The quantitative estimate of drug-likeness (QED) is 0.341. The number of methoxy groups -OCH3 is 1. The smallest absolute Gasteiger partial charge is 0.341 e. The van der Waals surface area contributed by atoms with Gasteiger partial charge >= 0.3 is 5.97 Å². The van der Waals surface area contributed by atoms with E-state index in [2.05, 4.69) is 37.2 Å². The second-order valence-electron chi connectivity index (χ2n) is 7.95. The van der Waals surface area contributed by atoms with Gasteiger partial charge in [-0.25, -0.2) is 14.8 Å². The number of halogens is 3. The minimum Gasteiger partial charge on any atom is -0.495 e. The van der Waals surface area contributed by atoms with Crippen LogP contribution in [0.15, 0.2) is 24.3 Å². The molecule has 1 aromatic carbocycles. The number of nitrogens with zero attached hydrogens (tertiary/aromatic N) is 4. The molecule has 0 radical (unpaired) electrons. The number of esters is 1. The molecule has 198 valence electrons. The number of carbonyl (C=O) groups is 1. The van der Waals surface area contributed by atoms with E-state index in [0.717, 1.165) is 57.9 Å². The first-order chi connectivity index (χ1) is 15.5. The van der Waals surface area contributed by atoms with Crippen molar-refractivity contribution >= 4 is 54.8 Å². The zero-order valence-corrected chi connectivity index (χ0v) is 23.4. The van der Waals surface area contributed by atoms with Crippen molar-refractivity contribution in [1.29, 1.82) is 0 Å². The van der Waals surface area contributed by atoms with E-state index in [0.29, 0.717) is 29.5 Å². The molecule has 35 heavy (non-hydrogen) atoms. The number of hydrogen-bond donors (Lipinski definition) is 1. The number of carbonyl (C=O) groups excluding carboxylic acids is 1. The molecule has 1 saturated heterocycles. The van der Waals surface area contributed by atoms with Gasteiger partial charge in [0.15, 0.2) is 0 Å². The maximum absolute atomic E-state index is 12.0. The van der Waals surface area contributed by atoms with E-state index in [4.69, 9.17) is 9.47 Å². The number of unbranched alkanes of at least 4 members (excludes halogenated alkanes) is 1. The molecule has 2 heterocycles. The molecule has 3 rings (SSSR count). The van der Waals surface area contributed by atoms with Crippen LogP contribution in [0.25, 0.3) is 0 Å². The Hall–Kier alpha value is -2.00. The van der Waals surface area contributed by atoms with Gasteiger partial charge in [-0.05, 0) is 52.3 Å². The summed E-state index contributed by atoms with van der Waals surface area (Å²) in [6, 6.07) is 8.22. The first kappa shape index (κ1) is 33.0. The van der Waals surface area contributed by atoms with Crippen molar-refractivity contribution in [3.8, 4) is 5.75 Å². The molecule has 0 aliphatic carbocycles. The zero-order chi connectivity index (χ0) is 22.9. The van der Waals surface area contributed by atoms with Crippen LogP contribution in [-0.4, -0.2) is 73.8 Å². The van der Waals surface area contributed by atoms with Crippen LogP contribution >= 0.6 is 37.2 Å². The van der Waals surface area contributed by atoms with Gasteiger partial charge in [0, 0.05) is 32.7 Å². The summed E-state index contributed by atoms with van der Waals surface area (Å²) in [5, 5.41) is 3.29. The summed E-state index contributed by atoms with van der Waals surface area (Å²) < 4.78 is 10.6. The number of ether oxygens (including phenoxy) is 2. The highest BCUT2D eigenvalue weighted by Gasteiger charge is 2.19. The maximum atomic E-state index is 12.0. The zero-order valence-electron chi connectivity index (χ0n) is 20.9. The van der Waals surface area contributed by atoms with E-state index in [-0.39, 0.29) is 43.2 Å². The predicted molar refractivity (Wildman–Crippen MR) is 149 cm³/mol. The Morgan fingerprint density at radius 1 is 1.00 bits per heavy atom. The van der Waals surface area contributed by atoms with Crippen molar-refractivity contribution in [3.63, 3.8) is 0 Å². The lowest BCUT2D eigenvalue weighted by Crippen LogP contribution is -2.46. The fourth-order valence-corrected chi connectivity index (χ4v) is 4.06. The van der Waals surface area contributed by atoms with Crippen molar-refractivity contribution in [2.24, 2.45) is 0 Å². The van der Waals surface area contributed by atoms with E-state index in [9.17, 15) is 4.79 Å². The average molecular weight is 551 g/mol. The first-order valence-corrected chi connectivity index (χ1v) is 11.4. The van der Waals surface area contributed by atoms with Gasteiger partial charge in [0.25, 0.3) is 0 Å². The Kier molecular flexibility index (Phi) is 15.7. The van der Waals surface area contributed by atoms with Crippen LogP contribution in [0.2, 0.25) is 0 Å². The Morgan fingerprint density at radius 3 is 2.23 bits per heavy atom. The topological polar surface area (TPSA) is 79.8 Å². The molecular formula is C24H38Cl3N5O3. The summed E-state index contributed by atoms with van der Waals surface area (Å²) in [6.07, 6.45) is 2.15. The van der Waals surface area contributed by atoms with E-state index < -0.39 is 0 Å². The molecule has 1 aliphatic rings. The van der Waals surface area contributed by atoms with E-state index in [1.807, 2.05) is 26.0 Å². The summed E-state index contributed by atoms with van der Waals surface area (Å²) >= 11 is 0. The highest BCUT2D eigenvalue weighted by Crippen LogP contribution is 2.28. The van der Waals surface area contributed by atoms with E-state index in [1.54, 1.807) is 14.0 Å². The molecule has 0 bridgehead atoms. The third-order valence-electron chi connectivity index (χ3n) is 5.73. The number of aromatic nitrogens is 2. The van der Waals surface area contributed by atoms with Gasteiger partial charge in [-0.1, -0.05) is 12.1 Å². The number of hydrogen-bond acceptors (Lipinski definition) is 8. The molecule has 8 nitrogen and oxygen atoms in total. The number of nitrogens with one attached hydrogen (secondary N) is 1. The molecule has 1 aromatic heterocycles. The lowest BCUT2D eigenvalue weighted by molar-refractivity contribution is 0.0523. The Bertz CT molecular complexity index is 889. The lowest BCUT2D eigenvalue weighted by Gasteiger charge is -2.36. The first-order valence-electron chi connectivity index (χ1n) is 11.4. The Labute approximate surface area is 227 Å². The van der Waals surface area contributed by atoms with Crippen molar-refractivity contribution in [1.82, 2.24) is 14.9 Å². The third-order valence-corrected chi connectivity index (χ3v) is 5.73. The highest BCUT2D eigenvalue weighted by atomic mass is 35.5. The number of rotatable bonds is 10. The Morgan fingerprint density at radius 2 is 1.63 bits per heavy atom. The third kappa shape index (κ3) is 9.18. The molecule has 0 unspecified atom stereocenters. The van der Waals surface area contributed by atoms with Crippen LogP contribution in [0.1, 0.15) is 41.5 Å². The number of aryl methyl sites for hydroxylation is 2. The van der Waals surface area contributed by atoms with E-state index in [1.165, 1.54) is 5.69 Å². The monoisotopic (exact) mass is 549 g/mol. The molecule has 1 fully saturated rings. The van der Waals surface area contributed by atoms with Crippen LogP contribution in [0.3, 0.4) is 0 Å². The van der Waals surface area contributed by atoms with Gasteiger partial charge in [-0.2, -0.15) is 0 Å². The molecule has 1 aliphatic heterocycles. The SMILES string of the molecule is CCOC(=O)c1c(C)nc(NCCCCN2CCN(c3ccccc3OC)CC2)nc1C.Cl.Cl.Cl. The molecule has 1 N–H and O–H groups in total. The molecular weight excluding hydrogens is 513 g/mol. The van der Waals surface area contributed by atoms with Crippen LogP contribution in [0.5, 0.6) is 5.75 Å². The standard InChI is InChI=1S/C24H35N5O3.3ClH/c1-5-32-23(30)22-18(2)26-24(27-19(22)3)25-12-8-9-13-28-14-16-29(17-15-28)20-10-6-7-11-21(20)31-4;;;/h6-7,10-11H,5,8-9,12-17H2,1-4H3,(H,25,26,27);3*1H. The van der Waals surface area contributed by atoms with Crippen molar-refractivity contribution in [3.05, 3.63) is 41.2 Å². The van der Waals surface area contributed by atoms with Crippen molar-refractivity contribution in [2.45, 2.75) is 33.6 Å². The van der Waals surface area contributed by atoms with Crippen LogP contribution < -0.4 is 15.0 Å². The van der Waals surface area contributed by atoms with Crippen molar-refractivity contribution < 1.29 is 14.3 Å². The summed E-state index contributed by atoms with van der Waals surface area (Å²) in [6.45, 7) is 11.8. The summed E-state index contributed by atoms with van der Waals surface area (Å²) in [7, 11) is 1.73. The van der Waals surface area contributed by atoms with Gasteiger partial charge in [0.1, 0.15) is 11.3 Å². The van der Waals surface area contributed by atoms with Crippen molar-refractivity contribution in [2.75, 3.05) is 63.2 Å². The second kappa shape index (κ2) is 16.6. The maximum Gasteiger partial charge on any atom is 0.341 e. The lowest BCUT2D eigenvalue weighted by atomic mass is 10.2. The molecule has 0 spiro atoms. The van der Waals surface area contributed by atoms with Gasteiger partial charge in [0.05, 0.1) is 30.8 Å². The fraction of sp³-hybridized carbons (Fsp3) is 0.542. The van der Waals surface area contributed by atoms with E-state index >= 15 is 0 Å². The molecule has 2 aromatic rings. The summed E-state index contributed by atoms with van der Waals surface area (Å²) in [4.78, 5) is 25.8. The Balaban J connectivity index is 0.00000385. The van der Waals surface area contributed by atoms with Crippen LogP contribution in [-0.2, 0) is 4.74 Å². The largest absolute Gasteiger partial charge is 0.495 e. The van der Waals surface area contributed by atoms with Gasteiger partial charge in [0.2, 0.25) is 5.95 Å². The van der Waals surface area contributed by atoms with Gasteiger partial charge in [-0.15, -0.1) is 37.2 Å². The van der Waals surface area contributed by atoms with Gasteiger partial charge < -0.3 is 19.7 Å².